The van der Waals surface area contributed by atoms with Crippen LogP contribution in [0.1, 0.15) is 27.0 Å². The summed E-state index contributed by atoms with van der Waals surface area (Å²) in [5.41, 5.74) is 4.03. The van der Waals surface area contributed by atoms with Crippen LogP contribution in [0, 0.1) is 13.8 Å². The third kappa shape index (κ3) is 3.84. The van der Waals surface area contributed by atoms with Gasteiger partial charge in [0.2, 0.25) is 0 Å². The van der Waals surface area contributed by atoms with Gasteiger partial charge in [-0.3, -0.25) is 4.79 Å². The van der Waals surface area contributed by atoms with Gasteiger partial charge in [-0.25, -0.2) is 0 Å². The van der Waals surface area contributed by atoms with Crippen molar-refractivity contribution in [3.05, 3.63) is 69.7 Å². The van der Waals surface area contributed by atoms with E-state index in [1.54, 1.807) is 0 Å². The summed E-state index contributed by atoms with van der Waals surface area (Å²) in [5, 5.41) is 3.67. The lowest BCUT2D eigenvalue weighted by atomic mass is 10.1. The zero-order valence-electron chi connectivity index (χ0n) is 11.7. The van der Waals surface area contributed by atoms with Gasteiger partial charge in [0.05, 0.1) is 0 Å². The Hall–Kier alpha value is -1.80. The predicted octanol–water partition coefficient (Wildman–Crippen LogP) is 3.93. The highest BCUT2D eigenvalue weighted by molar-refractivity contribution is 6.30. The number of benzene rings is 2. The lowest BCUT2D eigenvalue weighted by Crippen LogP contribution is -2.26. The summed E-state index contributed by atoms with van der Waals surface area (Å²) in [7, 11) is 0. The molecule has 0 fully saturated rings. The van der Waals surface area contributed by atoms with Crippen molar-refractivity contribution in [2.24, 2.45) is 0 Å². The lowest BCUT2D eigenvalue weighted by Gasteiger charge is -2.08. The van der Waals surface area contributed by atoms with E-state index < -0.39 is 0 Å². The first-order chi connectivity index (χ1) is 9.56. The third-order valence-electron chi connectivity index (χ3n) is 3.21. The Morgan fingerprint density at radius 1 is 1.15 bits per heavy atom. The summed E-state index contributed by atoms with van der Waals surface area (Å²) in [4.78, 5) is 12.1. The topological polar surface area (TPSA) is 29.1 Å². The van der Waals surface area contributed by atoms with Gasteiger partial charge in [0.25, 0.3) is 5.91 Å². The molecule has 2 nitrogen and oxygen atoms in total. The maximum absolute atomic E-state index is 12.1. The van der Waals surface area contributed by atoms with E-state index in [1.807, 2.05) is 56.3 Å². The number of carbonyl (C=O) groups excluding carboxylic acids is 1. The number of nitrogens with one attached hydrogen (secondary N) is 1. The first-order valence-electron chi connectivity index (χ1n) is 6.66. The third-order valence-corrected chi connectivity index (χ3v) is 3.45. The molecule has 0 radical (unpaired) electrons. The van der Waals surface area contributed by atoms with Crippen LogP contribution in [0.25, 0.3) is 0 Å². The van der Waals surface area contributed by atoms with Gasteiger partial charge in [-0.2, -0.15) is 0 Å². The molecule has 20 heavy (non-hydrogen) atoms. The Balaban J connectivity index is 1.92. The molecular formula is C17H18ClNO. The van der Waals surface area contributed by atoms with E-state index in [4.69, 9.17) is 11.6 Å². The lowest BCUT2D eigenvalue weighted by molar-refractivity contribution is 0.0953. The van der Waals surface area contributed by atoms with Crippen LogP contribution in [0.15, 0.2) is 42.5 Å². The molecule has 0 bridgehead atoms. The van der Waals surface area contributed by atoms with Crippen molar-refractivity contribution >= 4 is 17.5 Å². The number of halogens is 1. The summed E-state index contributed by atoms with van der Waals surface area (Å²) in [6, 6.07) is 13.5. The van der Waals surface area contributed by atoms with Crippen LogP contribution < -0.4 is 5.32 Å². The molecule has 2 aromatic carbocycles. The van der Waals surface area contributed by atoms with E-state index in [1.165, 1.54) is 0 Å². The zero-order chi connectivity index (χ0) is 14.5. The molecule has 0 spiro atoms. The largest absolute Gasteiger partial charge is 0.352 e. The average molecular weight is 288 g/mol. The Labute approximate surface area is 124 Å². The van der Waals surface area contributed by atoms with Gasteiger partial charge in [0.1, 0.15) is 0 Å². The fourth-order valence-corrected chi connectivity index (χ4v) is 2.39. The highest BCUT2D eigenvalue weighted by Crippen LogP contribution is 2.12. The first kappa shape index (κ1) is 14.6. The molecule has 2 aromatic rings. The van der Waals surface area contributed by atoms with Gasteiger partial charge in [-0.15, -0.1) is 0 Å². The fourth-order valence-electron chi connectivity index (χ4n) is 2.18. The summed E-state index contributed by atoms with van der Waals surface area (Å²) >= 11 is 5.93. The Morgan fingerprint density at radius 3 is 2.65 bits per heavy atom. The van der Waals surface area contributed by atoms with Gasteiger partial charge < -0.3 is 5.32 Å². The van der Waals surface area contributed by atoms with Crippen molar-refractivity contribution in [1.29, 1.82) is 0 Å². The molecule has 104 valence electrons. The molecule has 0 saturated heterocycles. The van der Waals surface area contributed by atoms with Gasteiger partial charge in [0.15, 0.2) is 0 Å². The normalized spacial score (nSPS) is 10.3. The average Bonchev–Trinajstić information content (AvgIpc) is 2.38. The SMILES string of the molecule is Cc1ccc(C(=O)NCCc2cccc(Cl)c2)c(C)c1. The molecule has 1 N–H and O–H groups in total. The molecule has 0 aliphatic rings. The van der Waals surface area contributed by atoms with E-state index in [-0.39, 0.29) is 5.91 Å². The van der Waals surface area contributed by atoms with Crippen molar-refractivity contribution in [2.45, 2.75) is 20.3 Å². The summed E-state index contributed by atoms with van der Waals surface area (Å²) < 4.78 is 0. The number of hydrogen-bond donors (Lipinski definition) is 1. The van der Waals surface area contributed by atoms with Crippen LogP contribution in [-0.4, -0.2) is 12.5 Å². The van der Waals surface area contributed by atoms with E-state index in [9.17, 15) is 4.79 Å². The standard InChI is InChI=1S/C17H18ClNO/c1-12-6-7-16(13(2)10-12)17(20)19-9-8-14-4-3-5-15(18)11-14/h3-7,10-11H,8-9H2,1-2H3,(H,19,20). The quantitative estimate of drug-likeness (QED) is 0.907. The van der Waals surface area contributed by atoms with Crippen molar-refractivity contribution < 1.29 is 4.79 Å². The number of hydrogen-bond acceptors (Lipinski definition) is 1. The number of aryl methyl sites for hydroxylation is 2. The Kier molecular flexibility index (Phi) is 4.80. The van der Waals surface area contributed by atoms with E-state index in [0.717, 1.165) is 33.7 Å². The molecule has 3 heteroatoms. The van der Waals surface area contributed by atoms with Crippen LogP contribution in [0.2, 0.25) is 5.02 Å². The molecule has 0 atom stereocenters. The molecular weight excluding hydrogens is 270 g/mol. The molecule has 0 aliphatic heterocycles. The summed E-state index contributed by atoms with van der Waals surface area (Å²) in [6.45, 7) is 4.58. The van der Waals surface area contributed by atoms with Crippen molar-refractivity contribution in [1.82, 2.24) is 5.32 Å². The van der Waals surface area contributed by atoms with E-state index in [0.29, 0.717) is 6.54 Å². The van der Waals surface area contributed by atoms with Crippen LogP contribution in [0.4, 0.5) is 0 Å². The second kappa shape index (κ2) is 6.58. The number of carbonyl (C=O) groups is 1. The highest BCUT2D eigenvalue weighted by atomic mass is 35.5. The predicted molar refractivity (Wildman–Crippen MR) is 83.4 cm³/mol. The van der Waals surface area contributed by atoms with Crippen molar-refractivity contribution in [2.75, 3.05) is 6.54 Å². The minimum atomic E-state index is -0.0236. The molecule has 0 saturated carbocycles. The Morgan fingerprint density at radius 2 is 1.95 bits per heavy atom. The maximum Gasteiger partial charge on any atom is 0.251 e. The van der Waals surface area contributed by atoms with E-state index >= 15 is 0 Å². The van der Waals surface area contributed by atoms with Gasteiger partial charge >= 0.3 is 0 Å². The van der Waals surface area contributed by atoms with Gasteiger partial charge in [0, 0.05) is 17.1 Å². The van der Waals surface area contributed by atoms with Crippen molar-refractivity contribution in [3.63, 3.8) is 0 Å². The second-order valence-corrected chi connectivity index (χ2v) is 5.39. The first-order valence-corrected chi connectivity index (χ1v) is 7.04. The molecule has 0 unspecified atom stereocenters. The summed E-state index contributed by atoms with van der Waals surface area (Å²) in [5.74, 6) is -0.0236. The second-order valence-electron chi connectivity index (χ2n) is 4.95. The van der Waals surface area contributed by atoms with Crippen LogP contribution >= 0.6 is 11.6 Å². The van der Waals surface area contributed by atoms with Crippen LogP contribution in [0.5, 0.6) is 0 Å². The molecule has 0 heterocycles. The van der Waals surface area contributed by atoms with Crippen LogP contribution in [0.3, 0.4) is 0 Å². The summed E-state index contributed by atoms with van der Waals surface area (Å²) in [6.07, 6.45) is 0.775. The minimum Gasteiger partial charge on any atom is -0.352 e. The number of amides is 1. The zero-order valence-corrected chi connectivity index (χ0v) is 12.5. The van der Waals surface area contributed by atoms with Gasteiger partial charge in [-0.1, -0.05) is 41.4 Å². The van der Waals surface area contributed by atoms with Crippen molar-refractivity contribution in [3.8, 4) is 0 Å². The molecule has 0 aromatic heterocycles. The molecule has 0 aliphatic carbocycles. The number of rotatable bonds is 4. The minimum absolute atomic E-state index is 0.0236. The molecule has 2 rings (SSSR count). The van der Waals surface area contributed by atoms with E-state index in [2.05, 4.69) is 5.32 Å². The maximum atomic E-state index is 12.1. The van der Waals surface area contributed by atoms with Crippen LogP contribution in [-0.2, 0) is 6.42 Å². The fraction of sp³-hybridized carbons (Fsp3) is 0.235. The Bertz CT molecular complexity index is 622. The molecule has 1 amide bonds. The monoisotopic (exact) mass is 287 g/mol. The highest BCUT2D eigenvalue weighted by Gasteiger charge is 2.08. The van der Waals surface area contributed by atoms with Gasteiger partial charge in [-0.05, 0) is 49.6 Å². The smallest absolute Gasteiger partial charge is 0.251 e.